The molecule has 2 unspecified atom stereocenters. The van der Waals surface area contributed by atoms with E-state index in [9.17, 15) is 24.9 Å². The van der Waals surface area contributed by atoms with Gasteiger partial charge in [0.05, 0.1) is 6.61 Å². The molecule has 1 aliphatic heterocycles. The molecule has 102 valence electrons. The molecule has 2 heterocycles. The first kappa shape index (κ1) is 13.5. The predicted octanol–water partition coefficient (Wildman–Crippen LogP) is -2.85. The van der Waals surface area contributed by atoms with Crippen LogP contribution in [0.3, 0.4) is 0 Å². The van der Waals surface area contributed by atoms with E-state index in [0.717, 1.165) is 16.8 Å². The summed E-state index contributed by atoms with van der Waals surface area (Å²) in [5, 5.41) is 28.9. The molecule has 1 aromatic heterocycles. The van der Waals surface area contributed by atoms with Crippen LogP contribution in [0.5, 0.6) is 0 Å². The Morgan fingerprint density at radius 2 is 2.21 bits per heavy atom. The first-order chi connectivity index (χ1) is 8.95. The van der Waals surface area contributed by atoms with Crippen molar-refractivity contribution in [2.75, 3.05) is 6.61 Å². The van der Waals surface area contributed by atoms with E-state index in [2.05, 4.69) is 5.92 Å². The van der Waals surface area contributed by atoms with Gasteiger partial charge in [0, 0.05) is 12.3 Å². The van der Waals surface area contributed by atoms with Gasteiger partial charge < -0.3 is 20.1 Å². The molecule has 19 heavy (non-hydrogen) atoms. The molecule has 1 fully saturated rings. The van der Waals surface area contributed by atoms with E-state index in [4.69, 9.17) is 11.2 Å². The van der Waals surface area contributed by atoms with E-state index in [1.807, 2.05) is 4.98 Å². The fraction of sp³-hybridized carbons (Fsp3) is 0.455. The van der Waals surface area contributed by atoms with Gasteiger partial charge in [0.25, 0.3) is 5.56 Å². The Bertz CT molecular complexity index is 629. The average Bonchev–Trinajstić information content (AvgIpc) is 2.64. The highest BCUT2D eigenvalue weighted by Crippen LogP contribution is 2.35. The van der Waals surface area contributed by atoms with Crippen LogP contribution >= 0.6 is 0 Å². The van der Waals surface area contributed by atoms with Crippen molar-refractivity contribution in [1.82, 2.24) is 9.55 Å². The van der Waals surface area contributed by atoms with E-state index in [1.54, 1.807) is 0 Å². The van der Waals surface area contributed by atoms with Gasteiger partial charge in [-0.15, -0.1) is 6.42 Å². The van der Waals surface area contributed by atoms with Gasteiger partial charge in [-0.05, 0) is 0 Å². The third kappa shape index (κ3) is 1.98. The van der Waals surface area contributed by atoms with Crippen molar-refractivity contribution >= 4 is 0 Å². The molecule has 0 amide bonds. The summed E-state index contributed by atoms with van der Waals surface area (Å²) in [5.74, 6) is 2.07. The number of rotatable bonds is 2. The Hall–Kier alpha value is -1.92. The molecule has 4 atom stereocenters. The highest BCUT2D eigenvalue weighted by atomic mass is 16.6. The lowest BCUT2D eigenvalue weighted by Gasteiger charge is -2.23. The summed E-state index contributed by atoms with van der Waals surface area (Å²) >= 11 is 0. The standard InChI is InChI=1S/C11H12N2O6/c1-2-11(5-14)8(17)7(16)9(19-11)13-4-3-6(15)12-10(13)18/h1,3-4,7-9,14,16-17H,5H2,(H,12,15,18)/t7?,8?,9-,11-/m1/s1. The van der Waals surface area contributed by atoms with Crippen LogP contribution in [-0.4, -0.2) is 49.3 Å². The number of nitrogens with zero attached hydrogens (tertiary/aromatic N) is 1. The largest absolute Gasteiger partial charge is 0.392 e. The Kier molecular flexibility index (Phi) is 3.30. The third-order valence-electron chi connectivity index (χ3n) is 3.03. The second-order valence-electron chi connectivity index (χ2n) is 4.15. The van der Waals surface area contributed by atoms with Crippen molar-refractivity contribution in [2.45, 2.75) is 24.0 Å². The van der Waals surface area contributed by atoms with Gasteiger partial charge in [-0.3, -0.25) is 14.3 Å². The minimum Gasteiger partial charge on any atom is -0.392 e. The van der Waals surface area contributed by atoms with Gasteiger partial charge in [0.2, 0.25) is 0 Å². The molecule has 2 rings (SSSR count). The van der Waals surface area contributed by atoms with Gasteiger partial charge in [0.1, 0.15) is 12.2 Å². The summed E-state index contributed by atoms with van der Waals surface area (Å²) in [7, 11) is 0. The lowest BCUT2D eigenvalue weighted by atomic mass is 9.97. The molecule has 0 spiro atoms. The molecule has 0 saturated carbocycles. The Morgan fingerprint density at radius 1 is 1.53 bits per heavy atom. The van der Waals surface area contributed by atoms with Crippen LogP contribution in [-0.2, 0) is 4.74 Å². The fourth-order valence-corrected chi connectivity index (χ4v) is 1.93. The molecule has 8 heteroatoms. The summed E-state index contributed by atoms with van der Waals surface area (Å²) in [4.78, 5) is 24.5. The van der Waals surface area contributed by atoms with Crippen LogP contribution in [0.2, 0.25) is 0 Å². The van der Waals surface area contributed by atoms with Crippen LogP contribution in [0, 0.1) is 12.3 Å². The molecule has 1 saturated heterocycles. The summed E-state index contributed by atoms with van der Waals surface area (Å²) in [5.41, 5.74) is -3.23. The van der Waals surface area contributed by atoms with Crippen molar-refractivity contribution in [3.63, 3.8) is 0 Å². The normalized spacial score (nSPS) is 34.1. The fourth-order valence-electron chi connectivity index (χ4n) is 1.93. The molecule has 0 radical (unpaired) electrons. The van der Waals surface area contributed by atoms with Crippen LogP contribution in [0.4, 0.5) is 0 Å². The molecule has 4 N–H and O–H groups in total. The summed E-state index contributed by atoms with van der Waals surface area (Å²) < 4.78 is 6.11. The topological polar surface area (TPSA) is 125 Å². The second-order valence-corrected chi connectivity index (χ2v) is 4.15. The zero-order valence-corrected chi connectivity index (χ0v) is 9.68. The highest BCUT2D eigenvalue weighted by Gasteiger charge is 2.54. The number of aliphatic hydroxyl groups excluding tert-OH is 3. The maximum atomic E-state index is 11.6. The molecule has 0 aromatic carbocycles. The molecule has 0 aliphatic carbocycles. The lowest BCUT2D eigenvalue weighted by Crippen LogP contribution is -2.45. The number of terminal acetylenes is 1. The van der Waals surface area contributed by atoms with E-state index >= 15 is 0 Å². The lowest BCUT2D eigenvalue weighted by molar-refractivity contribution is -0.0936. The number of nitrogens with one attached hydrogen (secondary N) is 1. The van der Waals surface area contributed by atoms with Crippen LogP contribution in [0.15, 0.2) is 21.9 Å². The number of hydrogen-bond acceptors (Lipinski definition) is 6. The monoisotopic (exact) mass is 268 g/mol. The van der Waals surface area contributed by atoms with E-state index < -0.39 is 41.9 Å². The molecule has 1 aromatic rings. The summed E-state index contributed by atoms with van der Waals surface area (Å²) in [6.45, 7) is -0.726. The first-order valence-corrected chi connectivity index (χ1v) is 5.39. The zero-order valence-electron chi connectivity index (χ0n) is 9.68. The molecule has 8 nitrogen and oxygen atoms in total. The maximum Gasteiger partial charge on any atom is 0.330 e. The summed E-state index contributed by atoms with van der Waals surface area (Å²) in [6, 6.07) is 1.05. The van der Waals surface area contributed by atoms with Gasteiger partial charge in [-0.25, -0.2) is 4.79 Å². The van der Waals surface area contributed by atoms with Crippen molar-refractivity contribution in [2.24, 2.45) is 0 Å². The third-order valence-corrected chi connectivity index (χ3v) is 3.03. The van der Waals surface area contributed by atoms with Crippen molar-refractivity contribution in [3.05, 3.63) is 33.1 Å². The number of aromatic amines is 1. The Balaban J connectivity index is 2.46. The van der Waals surface area contributed by atoms with Gasteiger partial charge in [-0.1, -0.05) is 5.92 Å². The Labute approximate surface area is 106 Å². The van der Waals surface area contributed by atoms with Crippen molar-refractivity contribution in [1.29, 1.82) is 0 Å². The van der Waals surface area contributed by atoms with E-state index in [-0.39, 0.29) is 0 Å². The Morgan fingerprint density at radius 3 is 2.68 bits per heavy atom. The van der Waals surface area contributed by atoms with Crippen molar-refractivity contribution < 1.29 is 20.1 Å². The maximum absolute atomic E-state index is 11.6. The first-order valence-electron chi connectivity index (χ1n) is 5.39. The number of ether oxygens (including phenoxy) is 1. The van der Waals surface area contributed by atoms with E-state index in [0.29, 0.717) is 0 Å². The zero-order chi connectivity index (χ0) is 14.2. The van der Waals surface area contributed by atoms with Gasteiger partial charge >= 0.3 is 5.69 Å². The SMILES string of the molecule is C#C[C@]1(CO)O[C@@H](n2ccc(=O)[nH]c2=O)C(O)C1O. The second kappa shape index (κ2) is 4.64. The average molecular weight is 268 g/mol. The summed E-state index contributed by atoms with van der Waals surface area (Å²) in [6.07, 6.45) is 1.90. The van der Waals surface area contributed by atoms with Crippen LogP contribution in [0.25, 0.3) is 0 Å². The molecular formula is C11H12N2O6. The quantitative estimate of drug-likeness (QED) is 0.428. The minimum absolute atomic E-state index is 0.611. The number of H-pyrrole nitrogens is 1. The van der Waals surface area contributed by atoms with Crippen LogP contribution in [0.1, 0.15) is 6.23 Å². The predicted molar refractivity (Wildman–Crippen MR) is 62.1 cm³/mol. The number of aromatic nitrogens is 2. The van der Waals surface area contributed by atoms with E-state index in [1.165, 1.54) is 0 Å². The van der Waals surface area contributed by atoms with Crippen LogP contribution < -0.4 is 11.2 Å². The van der Waals surface area contributed by atoms with Gasteiger partial charge in [-0.2, -0.15) is 0 Å². The van der Waals surface area contributed by atoms with Crippen molar-refractivity contribution in [3.8, 4) is 12.3 Å². The molecule has 0 bridgehead atoms. The molecule has 1 aliphatic rings. The highest BCUT2D eigenvalue weighted by molar-refractivity contribution is 5.18. The molecular weight excluding hydrogens is 256 g/mol. The minimum atomic E-state index is -1.79. The van der Waals surface area contributed by atoms with Gasteiger partial charge in [0.15, 0.2) is 11.8 Å². The number of hydrogen-bond donors (Lipinski definition) is 4. The smallest absolute Gasteiger partial charge is 0.330 e. The number of aliphatic hydroxyl groups is 3.